The molecule has 0 aliphatic rings. The van der Waals surface area contributed by atoms with Gasteiger partial charge in [0, 0.05) is 30.6 Å². The summed E-state index contributed by atoms with van der Waals surface area (Å²) in [6, 6.07) is 14.5. The Balaban J connectivity index is 1.51. The number of amides is 1. The molecule has 0 bridgehead atoms. The first kappa shape index (κ1) is 18.9. The van der Waals surface area contributed by atoms with E-state index < -0.39 is 0 Å². The normalized spacial score (nSPS) is 10.6. The Morgan fingerprint density at radius 3 is 2.67 bits per heavy atom. The SMILES string of the molecule is Cc1ccccc1OCc1nc(CCN(C)C(=O)c2ccc(Cl)cc2)no1. The van der Waals surface area contributed by atoms with E-state index >= 15 is 0 Å². The summed E-state index contributed by atoms with van der Waals surface area (Å²) < 4.78 is 10.9. The Morgan fingerprint density at radius 1 is 1.19 bits per heavy atom. The van der Waals surface area contributed by atoms with Crippen molar-refractivity contribution in [3.8, 4) is 5.75 Å². The molecule has 0 aliphatic heterocycles. The largest absolute Gasteiger partial charge is 0.483 e. The van der Waals surface area contributed by atoms with Crippen LogP contribution in [0.2, 0.25) is 5.02 Å². The molecule has 0 fully saturated rings. The number of carbonyl (C=O) groups is 1. The topological polar surface area (TPSA) is 68.5 Å². The number of para-hydroxylation sites is 1. The predicted molar refractivity (Wildman–Crippen MR) is 102 cm³/mol. The molecule has 27 heavy (non-hydrogen) atoms. The molecule has 2 aromatic carbocycles. The first-order valence-corrected chi connectivity index (χ1v) is 8.91. The van der Waals surface area contributed by atoms with Crippen LogP contribution in [0, 0.1) is 6.92 Å². The fraction of sp³-hybridized carbons (Fsp3) is 0.250. The van der Waals surface area contributed by atoms with Crippen molar-refractivity contribution in [2.75, 3.05) is 13.6 Å². The third-order valence-electron chi connectivity index (χ3n) is 4.06. The monoisotopic (exact) mass is 385 g/mol. The fourth-order valence-electron chi connectivity index (χ4n) is 2.49. The van der Waals surface area contributed by atoms with Crippen molar-refractivity contribution < 1.29 is 14.1 Å². The summed E-state index contributed by atoms with van der Waals surface area (Å²) in [5.41, 5.74) is 1.63. The molecular weight excluding hydrogens is 366 g/mol. The Labute approximate surface area is 162 Å². The van der Waals surface area contributed by atoms with Crippen molar-refractivity contribution in [2.24, 2.45) is 0 Å². The zero-order chi connectivity index (χ0) is 19.2. The van der Waals surface area contributed by atoms with Crippen LogP contribution in [0.15, 0.2) is 53.1 Å². The van der Waals surface area contributed by atoms with E-state index in [1.54, 1.807) is 36.2 Å². The van der Waals surface area contributed by atoms with Crippen LogP contribution in [-0.4, -0.2) is 34.5 Å². The maximum atomic E-state index is 12.4. The average Bonchev–Trinajstić information content (AvgIpc) is 3.13. The summed E-state index contributed by atoms with van der Waals surface area (Å²) in [6.45, 7) is 2.65. The summed E-state index contributed by atoms with van der Waals surface area (Å²) in [5.74, 6) is 1.64. The quantitative estimate of drug-likeness (QED) is 0.616. The maximum Gasteiger partial charge on any atom is 0.264 e. The van der Waals surface area contributed by atoms with Gasteiger partial charge in [0.1, 0.15) is 5.75 Å². The van der Waals surface area contributed by atoms with Crippen molar-refractivity contribution in [3.63, 3.8) is 0 Å². The molecule has 1 heterocycles. The average molecular weight is 386 g/mol. The zero-order valence-electron chi connectivity index (χ0n) is 15.2. The molecular formula is C20H20ClN3O3. The van der Waals surface area contributed by atoms with Gasteiger partial charge in [-0.15, -0.1) is 0 Å². The van der Waals surface area contributed by atoms with Gasteiger partial charge in [-0.05, 0) is 42.8 Å². The Hall–Kier alpha value is -2.86. The van der Waals surface area contributed by atoms with Crippen molar-refractivity contribution in [3.05, 3.63) is 76.4 Å². The number of carbonyl (C=O) groups excluding carboxylic acids is 1. The van der Waals surface area contributed by atoms with Gasteiger partial charge in [-0.2, -0.15) is 4.98 Å². The van der Waals surface area contributed by atoms with Crippen LogP contribution < -0.4 is 4.74 Å². The lowest BCUT2D eigenvalue weighted by Gasteiger charge is -2.16. The third-order valence-corrected chi connectivity index (χ3v) is 4.32. The minimum atomic E-state index is -0.0849. The second-order valence-corrected chi connectivity index (χ2v) is 6.58. The number of ether oxygens (including phenoxy) is 1. The lowest BCUT2D eigenvalue weighted by atomic mass is 10.2. The molecule has 1 amide bonds. The smallest absolute Gasteiger partial charge is 0.264 e. The second-order valence-electron chi connectivity index (χ2n) is 6.14. The fourth-order valence-corrected chi connectivity index (χ4v) is 2.62. The molecule has 0 aliphatic carbocycles. The van der Waals surface area contributed by atoms with Crippen LogP contribution in [0.3, 0.4) is 0 Å². The van der Waals surface area contributed by atoms with Gasteiger partial charge >= 0.3 is 0 Å². The predicted octanol–water partition coefficient (Wildman–Crippen LogP) is 3.93. The molecule has 140 valence electrons. The number of aromatic nitrogens is 2. The number of likely N-dealkylation sites (N-methyl/N-ethyl adjacent to an activating group) is 1. The van der Waals surface area contributed by atoms with Crippen LogP contribution in [-0.2, 0) is 13.0 Å². The minimum Gasteiger partial charge on any atom is -0.483 e. The van der Waals surface area contributed by atoms with Gasteiger partial charge in [-0.25, -0.2) is 0 Å². The summed E-state index contributed by atoms with van der Waals surface area (Å²) in [6.07, 6.45) is 0.490. The number of rotatable bonds is 7. The number of benzene rings is 2. The van der Waals surface area contributed by atoms with Crippen LogP contribution in [0.1, 0.15) is 27.6 Å². The standard InChI is InChI=1S/C20H20ClN3O3/c1-14-5-3-4-6-17(14)26-13-19-22-18(23-27-19)11-12-24(2)20(25)15-7-9-16(21)10-8-15/h3-10H,11-13H2,1-2H3. The molecule has 0 N–H and O–H groups in total. The van der Waals surface area contributed by atoms with E-state index in [1.807, 2.05) is 31.2 Å². The van der Waals surface area contributed by atoms with Crippen LogP contribution >= 0.6 is 11.6 Å². The van der Waals surface area contributed by atoms with Crippen LogP contribution in [0.25, 0.3) is 0 Å². The van der Waals surface area contributed by atoms with Crippen molar-refractivity contribution in [1.29, 1.82) is 0 Å². The van der Waals surface area contributed by atoms with Gasteiger partial charge in [0.15, 0.2) is 12.4 Å². The molecule has 3 aromatic rings. The summed E-state index contributed by atoms with van der Waals surface area (Å²) >= 11 is 5.85. The molecule has 6 nitrogen and oxygen atoms in total. The van der Waals surface area contributed by atoms with Gasteiger partial charge in [0.2, 0.25) is 0 Å². The van der Waals surface area contributed by atoms with Gasteiger partial charge in [-0.3, -0.25) is 4.79 Å². The van der Waals surface area contributed by atoms with E-state index in [4.69, 9.17) is 20.9 Å². The minimum absolute atomic E-state index is 0.0849. The van der Waals surface area contributed by atoms with Crippen molar-refractivity contribution in [2.45, 2.75) is 20.0 Å². The lowest BCUT2D eigenvalue weighted by Crippen LogP contribution is -2.29. The maximum absolute atomic E-state index is 12.4. The first-order valence-electron chi connectivity index (χ1n) is 8.54. The van der Waals surface area contributed by atoms with E-state index in [0.717, 1.165) is 11.3 Å². The number of hydrogen-bond donors (Lipinski definition) is 0. The van der Waals surface area contributed by atoms with Crippen LogP contribution in [0.4, 0.5) is 0 Å². The number of halogens is 1. The van der Waals surface area contributed by atoms with Gasteiger partial charge in [0.25, 0.3) is 11.8 Å². The highest BCUT2D eigenvalue weighted by molar-refractivity contribution is 6.30. The highest BCUT2D eigenvalue weighted by Gasteiger charge is 2.14. The molecule has 0 spiro atoms. The molecule has 7 heteroatoms. The Kier molecular flexibility index (Phi) is 6.08. The molecule has 0 saturated carbocycles. The lowest BCUT2D eigenvalue weighted by molar-refractivity contribution is 0.0796. The molecule has 0 unspecified atom stereocenters. The van der Waals surface area contributed by atoms with Gasteiger partial charge in [0.05, 0.1) is 0 Å². The Morgan fingerprint density at radius 2 is 1.93 bits per heavy atom. The number of nitrogens with zero attached hydrogens (tertiary/aromatic N) is 3. The van der Waals surface area contributed by atoms with E-state index in [2.05, 4.69) is 10.1 Å². The Bertz CT molecular complexity index is 909. The summed E-state index contributed by atoms with van der Waals surface area (Å²) in [4.78, 5) is 18.3. The van der Waals surface area contributed by atoms with Gasteiger partial charge in [-0.1, -0.05) is 35.0 Å². The van der Waals surface area contributed by atoms with E-state index in [0.29, 0.717) is 35.3 Å². The highest BCUT2D eigenvalue weighted by Crippen LogP contribution is 2.17. The van der Waals surface area contributed by atoms with E-state index in [9.17, 15) is 4.79 Å². The molecule has 0 radical (unpaired) electrons. The summed E-state index contributed by atoms with van der Waals surface area (Å²) in [5, 5.41) is 4.54. The van der Waals surface area contributed by atoms with Crippen LogP contribution in [0.5, 0.6) is 5.75 Å². The molecule has 0 atom stereocenters. The zero-order valence-corrected chi connectivity index (χ0v) is 15.9. The number of hydrogen-bond acceptors (Lipinski definition) is 5. The second kappa shape index (κ2) is 8.68. The van der Waals surface area contributed by atoms with Gasteiger partial charge < -0.3 is 14.2 Å². The number of aryl methyl sites for hydroxylation is 1. The highest BCUT2D eigenvalue weighted by atomic mass is 35.5. The first-order chi connectivity index (χ1) is 13.0. The third kappa shape index (κ3) is 5.08. The molecule has 0 saturated heterocycles. The van der Waals surface area contributed by atoms with Crippen molar-refractivity contribution in [1.82, 2.24) is 15.0 Å². The van der Waals surface area contributed by atoms with Crippen molar-refractivity contribution >= 4 is 17.5 Å². The summed E-state index contributed by atoms with van der Waals surface area (Å²) in [7, 11) is 1.74. The molecule has 3 rings (SSSR count). The van der Waals surface area contributed by atoms with E-state index in [-0.39, 0.29) is 12.5 Å². The molecule has 1 aromatic heterocycles. The van der Waals surface area contributed by atoms with E-state index in [1.165, 1.54) is 0 Å².